The van der Waals surface area contributed by atoms with Crippen molar-refractivity contribution in [2.45, 2.75) is 42.0 Å². The molecule has 2 fully saturated rings. The van der Waals surface area contributed by atoms with Gasteiger partial charge in [-0.15, -0.1) is 0 Å². The van der Waals surface area contributed by atoms with E-state index in [-0.39, 0.29) is 23.5 Å². The summed E-state index contributed by atoms with van der Waals surface area (Å²) in [5.41, 5.74) is 0.965. The van der Waals surface area contributed by atoms with Crippen LogP contribution >= 0.6 is 0 Å². The first-order valence-electron chi connectivity index (χ1n) is 10.9. The third kappa shape index (κ3) is 4.49. The van der Waals surface area contributed by atoms with E-state index in [1.807, 2.05) is 37.5 Å². The predicted molar refractivity (Wildman–Crippen MR) is 118 cm³/mol. The second-order valence-corrected chi connectivity index (χ2v) is 10.2. The van der Waals surface area contributed by atoms with E-state index in [0.29, 0.717) is 18.7 Å². The summed E-state index contributed by atoms with van der Waals surface area (Å²) in [5, 5.41) is 2.91. The Morgan fingerprint density at radius 1 is 1.12 bits per heavy atom. The quantitative estimate of drug-likeness (QED) is 0.728. The summed E-state index contributed by atoms with van der Waals surface area (Å²) in [6.07, 6.45) is 13.3. The Labute approximate surface area is 193 Å². The third-order valence-electron chi connectivity index (χ3n) is 6.11. The first kappa shape index (κ1) is 22.3. The summed E-state index contributed by atoms with van der Waals surface area (Å²) in [7, 11) is -3.83. The smallest absolute Gasteiger partial charge is 0.263 e. The Bertz CT molecular complexity index is 1110. The Hall–Kier alpha value is -2.49. The van der Waals surface area contributed by atoms with Crippen LogP contribution < -0.4 is 5.32 Å². The van der Waals surface area contributed by atoms with Gasteiger partial charge in [0.15, 0.2) is 6.10 Å². The number of halogens is 1. The standard InChI is InChI=1S/C24H24FN2O5S/c25-17-8-11-19(12-9-17)33(29,30)27-13-3-4-16-7-10-18(14-20(16)27)26-24(28)23-15-31-21-5-1-2-6-22(21)32-23/h1-2,5-12,14,18,20-21,23H,3-4,13,15H2,(H,26,28). The maximum atomic E-state index is 13.3. The second kappa shape index (κ2) is 9.04. The first-order chi connectivity index (χ1) is 15.9. The molecular formula is C24H24FN2O5S. The van der Waals surface area contributed by atoms with Gasteiger partial charge in [0.05, 0.1) is 17.5 Å². The van der Waals surface area contributed by atoms with Crippen molar-refractivity contribution in [2.75, 3.05) is 13.2 Å². The van der Waals surface area contributed by atoms with Crippen LogP contribution in [0.15, 0.2) is 64.8 Å². The molecule has 1 N–H and O–H groups in total. The number of nitrogens with zero attached hydrogens (tertiary/aromatic N) is 1. The number of sulfonamides is 1. The van der Waals surface area contributed by atoms with Gasteiger partial charge in [-0.3, -0.25) is 4.79 Å². The number of rotatable bonds is 4. The summed E-state index contributed by atoms with van der Waals surface area (Å²) >= 11 is 0. The number of nitrogens with one attached hydrogen (secondary N) is 1. The normalized spacial score (nSPS) is 29.7. The van der Waals surface area contributed by atoms with Crippen LogP contribution in [0.25, 0.3) is 0 Å². The molecule has 0 saturated carbocycles. The number of hydrogen-bond donors (Lipinski definition) is 1. The molecule has 4 aliphatic rings. The number of piperidine rings is 1. The maximum Gasteiger partial charge on any atom is 0.263 e. The fourth-order valence-corrected chi connectivity index (χ4v) is 6.06. The van der Waals surface area contributed by atoms with Gasteiger partial charge in [0.25, 0.3) is 5.91 Å². The molecule has 0 spiro atoms. The average molecular weight is 472 g/mol. The molecule has 1 aromatic carbocycles. The van der Waals surface area contributed by atoms with E-state index >= 15 is 0 Å². The summed E-state index contributed by atoms with van der Waals surface area (Å²) < 4.78 is 52.8. The van der Waals surface area contributed by atoms with Crippen molar-refractivity contribution in [3.05, 3.63) is 85.0 Å². The van der Waals surface area contributed by atoms with Crippen LogP contribution in [0.3, 0.4) is 0 Å². The zero-order valence-electron chi connectivity index (χ0n) is 17.8. The van der Waals surface area contributed by atoms with Crippen molar-refractivity contribution >= 4 is 15.9 Å². The van der Waals surface area contributed by atoms with E-state index in [9.17, 15) is 17.6 Å². The summed E-state index contributed by atoms with van der Waals surface area (Å²) in [4.78, 5) is 12.9. The number of benzene rings is 1. The van der Waals surface area contributed by atoms with E-state index in [1.54, 1.807) is 6.08 Å². The van der Waals surface area contributed by atoms with Crippen molar-refractivity contribution in [3.63, 3.8) is 0 Å². The Morgan fingerprint density at radius 2 is 1.94 bits per heavy atom. The Balaban J connectivity index is 1.28. The van der Waals surface area contributed by atoms with E-state index in [1.165, 1.54) is 16.4 Å². The number of amides is 1. The van der Waals surface area contributed by atoms with Crippen molar-refractivity contribution in [3.8, 4) is 0 Å². The number of carbonyl (C=O) groups is 1. The zero-order chi connectivity index (χ0) is 23.0. The maximum absolute atomic E-state index is 13.3. The molecular weight excluding hydrogens is 447 g/mol. The second-order valence-electron chi connectivity index (χ2n) is 8.29. The monoisotopic (exact) mass is 471 g/mol. The van der Waals surface area contributed by atoms with Crippen LogP contribution in [-0.2, 0) is 24.3 Å². The van der Waals surface area contributed by atoms with E-state index in [4.69, 9.17) is 9.47 Å². The lowest BCUT2D eigenvalue weighted by Crippen LogP contribution is -2.53. The van der Waals surface area contributed by atoms with Gasteiger partial charge >= 0.3 is 0 Å². The lowest BCUT2D eigenvalue weighted by molar-refractivity contribution is -0.144. The highest BCUT2D eigenvalue weighted by Crippen LogP contribution is 2.34. The summed E-state index contributed by atoms with van der Waals surface area (Å²) in [6.45, 7) is 0.471. The molecule has 1 aromatic rings. The van der Waals surface area contributed by atoms with Gasteiger partial charge < -0.3 is 14.8 Å². The van der Waals surface area contributed by atoms with Crippen LogP contribution in [0.2, 0.25) is 0 Å². The number of carbonyl (C=O) groups excluding carboxylic acids is 1. The molecule has 33 heavy (non-hydrogen) atoms. The molecule has 7 nitrogen and oxygen atoms in total. The van der Waals surface area contributed by atoms with Gasteiger partial charge in [0, 0.05) is 31.8 Å². The molecule has 5 rings (SSSR count). The molecule has 2 aliphatic carbocycles. The fourth-order valence-electron chi connectivity index (χ4n) is 4.43. The SMILES string of the molecule is O=C(NC1[CH]C=C2CCCN(S(=O)(=O)c3ccc(F)cc3)C2[CH]1)C1COC2[CH]C=CC=C2O1. The Kier molecular flexibility index (Phi) is 6.11. The van der Waals surface area contributed by atoms with Crippen LogP contribution in [0.5, 0.6) is 0 Å². The van der Waals surface area contributed by atoms with Gasteiger partial charge in [-0.05, 0) is 43.2 Å². The Morgan fingerprint density at radius 3 is 2.76 bits per heavy atom. The highest BCUT2D eigenvalue weighted by molar-refractivity contribution is 7.89. The minimum absolute atomic E-state index is 0.0441. The lowest BCUT2D eigenvalue weighted by Gasteiger charge is -2.41. The lowest BCUT2D eigenvalue weighted by atomic mass is 9.85. The molecule has 3 radical (unpaired) electrons. The van der Waals surface area contributed by atoms with Gasteiger partial charge in [0.1, 0.15) is 17.7 Å². The first-order valence-corrected chi connectivity index (χ1v) is 12.3. The van der Waals surface area contributed by atoms with Crippen LogP contribution in [0, 0.1) is 25.1 Å². The van der Waals surface area contributed by atoms with Gasteiger partial charge in [-0.25, -0.2) is 12.8 Å². The number of hydrogen-bond acceptors (Lipinski definition) is 5. The number of fused-ring (bicyclic) bond motifs is 2. The summed E-state index contributed by atoms with van der Waals surface area (Å²) in [6, 6.07) is 3.87. The molecule has 4 unspecified atom stereocenters. The largest absolute Gasteiger partial charge is 0.480 e. The highest BCUT2D eigenvalue weighted by Gasteiger charge is 2.40. The minimum atomic E-state index is -3.83. The highest BCUT2D eigenvalue weighted by atomic mass is 32.2. The van der Waals surface area contributed by atoms with Crippen LogP contribution in [0.1, 0.15) is 12.8 Å². The van der Waals surface area contributed by atoms with Crippen molar-refractivity contribution in [2.24, 2.45) is 0 Å². The zero-order valence-corrected chi connectivity index (χ0v) is 18.6. The number of allylic oxidation sites excluding steroid dienone is 2. The van der Waals surface area contributed by atoms with E-state index < -0.39 is 34.0 Å². The molecule has 1 amide bonds. The molecule has 0 aromatic heterocycles. The average Bonchev–Trinajstić information content (AvgIpc) is 2.83. The van der Waals surface area contributed by atoms with E-state index in [2.05, 4.69) is 5.32 Å². The van der Waals surface area contributed by atoms with Crippen molar-refractivity contribution < 1.29 is 27.1 Å². The molecule has 2 saturated heterocycles. The minimum Gasteiger partial charge on any atom is -0.480 e. The molecule has 4 atom stereocenters. The van der Waals surface area contributed by atoms with Crippen LogP contribution in [-0.4, -0.2) is 56.1 Å². The molecule has 2 heterocycles. The van der Waals surface area contributed by atoms with Gasteiger partial charge in [-0.2, -0.15) is 4.31 Å². The van der Waals surface area contributed by atoms with E-state index in [0.717, 1.165) is 24.1 Å². The fraction of sp³-hybridized carbons (Fsp3) is 0.333. The van der Waals surface area contributed by atoms with Gasteiger partial charge in [0.2, 0.25) is 10.0 Å². The van der Waals surface area contributed by atoms with Gasteiger partial charge in [-0.1, -0.05) is 23.8 Å². The third-order valence-corrected chi connectivity index (χ3v) is 8.00. The molecule has 9 heteroatoms. The molecule has 0 bridgehead atoms. The van der Waals surface area contributed by atoms with Crippen molar-refractivity contribution in [1.82, 2.24) is 9.62 Å². The predicted octanol–water partition coefficient (Wildman–Crippen LogP) is 2.25. The topological polar surface area (TPSA) is 84.9 Å². The molecule has 173 valence electrons. The van der Waals surface area contributed by atoms with Crippen molar-refractivity contribution in [1.29, 1.82) is 0 Å². The molecule has 2 aliphatic heterocycles. The van der Waals surface area contributed by atoms with Crippen LogP contribution in [0.4, 0.5) is 4.39 Å². The summed E-state index contributed by atoms with van der Waals surface area (Å²) in [5.74, 6) is -0.235. The number of ether oxygens (including phenoxy) is 2.